The highest BCUT2D eigenvalue weighted by Crippen LogP contribution is 2.24. The summed E-state index contributed by atoms with van der Waals surface area (Å²) in [4.78, 5) is 10.6. The maximum atomic E-state index is 10.6. The molecule has 1 aromatic heterocycles. The fourth-order valence-corrected chi connectivity index (χ4v) is 2.43. The molecular weight excluding hydrogens is 264 g/mol. The van der Waals surface area contributed by atoms with Crippen LogP contribution in [0.2, 0.25) is 0 Å². The predicted octanol–water partition coefficient (Wildman–Crippen LogP) is 2.71. The van der Waals surface area contributed by atoms with Crippen molar-refractivity contribution in [1.82, 2.24) is 9.99 Å². The van der Waals surface area contributed by atoms with Gasteiger partial charge in [-0.15, -0.1) is 0 Å². The first kappa shape index (κ1) is 14.8. The van der Waals surface area contributed by atoms with Crippen LogP contribution in [0, 0.1) is 27.7 Å². The smallest absolute Gasteiger partial charge is 0.332 e. The normalized spacial score (nSPS) is 11.0. The second-order valence-electron chi connectivity index (χ2n) is 5.12. The van der Waals surface area contributed by atoms with E-state index in [1.54, 1.807) is 6.21 Å². The third-order valence-corrected chi connectivity index (χ3v) is 3.67. The summed E-state index contributed by atoms with van der Waals surface area (Å²) in [5.41, 5.74) is 14.0. The third kappa shape index (κ3) is 2.97. The standard InChI is InChI=1S/C16H20N4O/c1-10-6-5-7-15(12(10)3)20-11(2)8-14(13(20)4)9-18-19-16(17)21/h5-9H,1-4H3,(H3,17,19,21)/b18-9+. The lowest BCUT2D eigenvalue weighted by molar-refractivity contribution is 0.249. The quantitative estimate of drug-likeness (QED) is 0.660. The zero-order valence-corrected chi connectivity index (χ0v) is 12.8. The molecule has 5 nitrogen and oxygen atoms in total. The number of carbonyl (C=O) groups is 1. The van der Waals surface area contributed by atoms with Crippen LogP contribution in [0.1, 0.15) is 28.1 Å². The third-order valence-electron chi connectivity index (χ3n) is 3.67. The lowest BCUT2D eigenvalue weighted by Gasteiger charge is -2.14. The Labute approximate surface area is 124 Å². The van der Waals surface area contributed by atoms with Gasteiger partial charge in [0.1, 0.15) is 0 Å². The number of hydrogen-bond donors (Lipinski definition) is 2. The average Bonchev–Trinajstić information content (AvgIpc) is 2.68. The molecule has 5 heteroatoms. The van der Waals surface area contributed by atoms with E-state index >= 15 is 0 Å². The van der Waals surface area contributed by atoms with Crippen LogP contribution in [0.4, 0.5) is 4.79 Å². The van der Waals surface area contributed by atoms with Crippen LogP contribution in [0.3, 0.4) is 0 Å². The van der Waals surface area contributed by atoms with Crippen molar-refractivity contribution in [3.05, 3.63) is 52.3 Å². The van der Waals surface area contributed by atoms with Gasteiger partial charge in [-0.3, -0.25) is 0 Å². The number of nitrogens with zero attached hydrogens (tertiary/aromatic N) is 2. The number of hydrogen-bond acceptors (Lipinski definition) is 2. The van der Waals surface area contributed by atoms with E-state index in [0.29, 0.717) is 0 Å². The van der Waals surface area contributed by atoms with Crippen LogP contribution in [0.25, 0.3) is 5.69 Å². The minimum atomic E-state index is -0.672. The van der Waals surface area contributed by atoms with E-state index in [1.165, 1.54) is 11.1 Å². The van der Waals surface area contributed by atoms with Gasteiger partial charge in [0, 0.05) is 22.6 Å². The Balaban J connectivity index is 2.47. The number of rotatable bonds is 3. The monoisotopic (exact) mass is 284 g/mol. The summed E-state index contributed by atoms with van der Waals surface area (Å²) in [7, 11) is 0. The Morgan fingerprint density at radius 2 is 2.00 bits per heavy atom. The number of aryl methyl sites for hydroxylation is 2. The van der Waals surface area contributed by atoms with E-state index in [2.05, 4.69) is 47.1 Å². The summed E-state index contributed by atoms with van der Waals surface area (Å²) in [6.07, 6.45) is 1.61. The van der Waals surface area contributed by atoms with Gasteiger partial charge in [-0.25, -0.2) is 10.2 Å². The van der Waals surface area contributed by atoms with E-state index in [0.717, 1.165) is 22.6 Å². The Hall–Kier alpha value is -2.56. The van der Waals surface area contributed by atoms with E-state index in [4.69, 9.17) is 5.73 Å². The number of carbonyl (C=O) groups excluding carboxylic acids is 1. The highest BCUT2D eigenvalue weighted by atomic mass is 16.2. The molecule has 1 aromatic carbocycles. The van der Waals surface area contributed by atoms with E-state index in [1.807, 2.05) is 19.9 Å². The molecule has 21 heavy (non-hydrogen) atoms. The Morgan fingerprint density at radius 1 is 1.29 bits per heavy atom. The first-order valence-corrected chi connectivity index (χ1v) is 6.76. The molecule has 0 atom stereocenters. The molecule has 0 aliphatic rings. The van der Waals surface area contributed by atoms with Crippen molar-refractivity contribution in [2.24, 2.45) is 10.8 Å². The Morgan fingerprint density at radius 3 is 2.67 bits per heavy atom. The van der Waals surface area contributed by atoms with Gasteiger partial charge in [0.25, 0.3) is 0 Å². The molecule has 2 amide bonds. The SMILES string of the molecule is Cc1cccc(-n2c(C)cc(/C=N/NC(N)=O)c2C)c1C. The van der Waals surface area contributed by atoms with Crippen LogP contribution in [-0.4, -0.2) is 16.8 Å². The van der Waals surface area contributed by atoms with Gasteiger partial charge in [-0.1, -0.05) is 12.1 Å². The van der Waals surface area contributed by atoms with Gasteiger partial charge in [-0.05, 0) is 51.0 Å². The van der Waals surface area contributed by atoms with Crippen molar-refractivity contribution in [3.63, 3.8) is 0 Å². The second kappa shape index (κ2) is 5.83. The van der Waals surface area contributed by atoms with Crippen molar-refractivity contribution in [3.8, 4) is 5.69 Å². The van der Waals surface area contributed by atoms with E-state index in [9.17, 15) is 4.79 Å². The molecule has 0 radical (unpaired) electrons. The molecule has 3 N–H and O–H groups in total. The van der Waals surface area contributed by atoms with Crippen molar-refractivity contribution in [2.45, 2.75) is 27.7 Å². The highest BCUT2D eigenvalue weighted by molar-refractivity contribution is 5.83. The number of amides is 2. The topological polar surface area (TPSA) is 72.4 Å². The van der Waals surface area contributed by atoms with Gasteiger partial charge in [0.15, 0.2) is 0 Å². The minimum absolute atomic E-state index is 0.672. The van der Waals surface area contributed by atoms with Gasteiger partial charge in [-0.2, -0.15) is 5.10 Å². The zero-order valence-electron chi connectivity index (χ0n) is 12.8. The fourth-order valence-electron chi connectivity index (χ4n) is 2.43. The second-order valence-corrected chi connectivity index (χ2v) is 5.12. The number of primary amides is 1. The van der Waals surface area contributed by atoms with E-state index in [-0.39, 0.29) is 0 Å². The van der Waals surface area contributed by atoms with Crippen LogP contribution < -0.4 is 11.2 Å². The molecule has 0 spiro atoms. The molecule has 0 saturated heterocycles. The molecule has 2 rings (SSSR count). The van der Waals surface area contributed by atoms with Gasteiger partial charge in [0.05, 0.1) is 6.21 Å². The molecule has 0 bridgehead atoms. The van der Waals surface area contributed by atoms with Gasteiger partial charge >= 0.3 is 6.03 Å². The minimum Gasteiger partial charge on any atom is -0.350 e. The maximum Gasteiger partial charge on any atom is 0.332 e. The first-order valence-electron chi connectivity index (χ1n) is 6.76. The molecule has 0 unspecified atom stereocenters. The summed E-state index contributed by atoms with van der Waals surface area (Å²) in [6.45, 7) is 8.30. The number of hydrazone groups is 1. The average molecular weight is 284 g/mol. The summed E-state index contributed by atoms with van der Waals surface area (Å²) in [5.74, 6) is 0. The highest BCUT2D eigenvalue weighted by Gasteiger charge is 2.11. The Kier molecular flexibility index (Phi) is 4.12. The zero-order chi connectivity index (χ0) is 15.6. The molecule has 0 aliphatic heterocycles. The molecule has 0 aliphatic carbocycles. The summed E-state index contributed by atoms with van der Waals surface area (Å²) in [5, 5.41) is 3.83. The summed E-state index contributed by atoms with van der Waals surface area (Å²) < 4.78 is 2.19. The van der Waals surface area contributed by atoms with Crippen molar-refractivity contribution in [2.75, 3.05) is 0 Å². The van der Waals surface area contributed by atoms with Crippen LogP contribution >= 0.6 is 0 Å². The number of aromatic nitrogens is 1. The summed E-state index contributed by atoms with van der Waals surface area (Å²) >= 11 is 0. The molecular formula is C16H20N4O. The summed E-state index contributed by atoms with van der Waals surface area (Å²) in [6, 6.07) is 7.62. The van der Waals surface area contributed by atoms with Crippen LogP contribution in [0.5, 0.6) is 0 Å². The van der Waals surface area contributed by atoms with Crippen molar-refractivity contribution >= 4 is 12.2 Å². The number of nitrogens with two attached hydrogens (primary N) is 1. The molecule has 110 valence electrons. The number of benzene rings is 1. The lowest BCUT2D eigenvalue weighted by Crippen LogP contribution is -2.24. The van der Waals surface area contributed by atoms with Crippen LogP contribution in [-0.2, 0) is 0 Å². The molecule has 2 aromatic rings. The number of nitrogens with one attached hydrogen (secondary N) is 1. The Bertz CT molecular complexity index is 713. The van der Waals surface area contributed by atoms with Crippen LogP contribution in [0.15, 0.2) is 29.4 Å². The van der Waals surface area contributed by atoms with Crippen molar-refractivity contribution < 1.29 is 4.79 Å². The van der Waals surface area contributed by atoms with Gasteiger partial charge < -0.3 is 10.3 Å². The molecule has 0 saturated carbocycles. The molecule has 0 fully saturated rings. The largest absolute Gasteiger partial charge is 0.350 e. The van der Waals surface area contributed by atoms with Crippen molar-refractivity contribution in [1.29, 1.82) is 0 Å². The molecule has 1 heterocycles. The maximum absolute atomic E-state index is 10.6. The fraction of sp³-hybridized carbons (Fsp3) is 0.250. The number of urea groups is 1. The lowest BCUT2D eigenvalue weighted by atomic mass is 10.1. The predicted molar refractivity (Wildman–Crippen MR) is 85.0 cm³/mol. The van der Waals surface area contributed by atoms with E-state index < -0.39 is 6.03 Å². The first-order chi connectivity index (χ1) is 9.91. The van der Waals surface area contributed by atoms with Gasteiger partial charge in [0.2, 0.25) is 0 Å².